The summed E-state index contributed by atoms with van der Waals surface area (Å²) >= 11 is 3.16. The van der Waals surface area contributed by atoms with Gasteiger partial charge in [0.25, 0.3) is 0 Å². The minimum absolute atomic E-state index is 0.147. The fraction of sp³-hybridized carbons (Fsp3) is 0.143. The van der Waals surface area contributed by atoms with E-state index in [1.165, 1.54) is 12.1 Å². The Bertz CT molecular complexity index is 750. The smallest absolute Gasteiger partial charge is 0.236 e. The van der Waals surface area contributed by atoms with Gasteiger partial charge in [0, 0.05) is 4.47 Å². The van der Waals surface area contributed by atoms with E-state index < -0.39 is 15.8 Å². The molecule has 2 aromatic rings. The predicted octanol–water partition coefficient (Wildman–Crippen LogP) is 3.02. The molecule has 2 N–H and O–H groups in total. The van der Waals surface area contributed by atoms with Crippen LogP contribution in [0.15, 0.2) is 46.9 Å². The van der Waals surface area contributed by atoms with Crippen molar-refractivity contribution in [2.75, 3.05) is 4.72 Å². The third-order valence-corrected chi connectivity index (χ3v) is 4.66. The van der Waals surface area contributed by atoms with Crippen LogP contribution in [-0.2, 0) is 22.4 Å². The maximum Gasteiger partial charge on any atom is 0.236 e. The van der Waals surface area contributed by atoms with Crippen molar-refractivity contribution in [1.82, 2.24) is 0 Å². The molecule has 0 aliphatic heterocycles. The highest BCUT2D eigenvalue weighted by atomic mass is 79.9. The Balaban J connectivity index is 2.20. The Labute approximate surface area is 130 Å². The first kappa shape index (κ1) is 15.9. The van der Waals surface area contributed by atoms with Crippen LogP contribution < -0.4 is 4.72 Å². The zero-order chi connectivity index (χ0) is 15.5. The van der Waals surface area contributed by atoms with Crippen LogP contribution in [0.25, 0.3) is 0 Å². The summed E-state index contributed by atoms with van der Waals surface area (Å²) in [5.74, 6) is -0.790. The highest BCUT2D eigenvalue weighted by Gasteiger charge is 2.14. The summed E-state index contributed by atoms with van der Waals surface area (Å²) in [5, 5.41) is 9.05. The second-order valence-corrected chi connectivity index (χ2v) is 7.04. The first-order valence-electron chi connectivity index (χ1n) is 6.04. The number of benzene rings is 2. The lowest BCUT2D eigenvalue weighted by Crippen LogP contribution is -2.15. The third kappa shape index (κ3) is 4.52. The Kier molecular flexibility index (Phi) is 4.97. The first-order valence-corrected chi connectivity index (χ1v) is 8.48. The van der Waals surface area contributed by atoms with Crippen LogP contribution in [0.3, 0.4) is 0 Å². The van der Waals surface area contributed by atoms with Crippen LogP contribution in [0, 0.1) is 5.82 Å². The molecule has 0 radical (unpaired) electrons. The van der Waals surface area contributed by atoms with E-state index in [-0.39, 0.29) is 18.0 Å². The number of hydrogen-bond donors (Lipinski definition) is 2. The quantitative estimate of drug-likeness (QED) is 0.846. The van der Waals surface area contributed by atoms with Gasteiger partial charge in [-0.05, 0) is 45.3 Å². The summed E-state index contributed by atoms with van der Waals surface area (Å²) in [6.07, 6.45) is 0. The molecule has 0 fully saturated rings. The molecule has 0 aliphatic rings. The van der Waals surface area contributed by atoms with Gasteiger partial charge in [-0.1, -0.05) is 24.3 Å². The second kappa shape index (κ2) is 6.55. The predicted molar refractivity (Wildman–Crippen MR) is 82.7 cm³/mol. The van der Waals surface area contributed by atoms with Gasteiger partial charge in [-0.15, -0.1) is 0 Å². The zero-order valence-electron chi connectivity index (χ0n) is 10.9. The van der Waals surface area contributed by atoms with Crippen LogP contribution in [-0.4, -0.2) is 13.5 Å². The molecule has 0 aromatic heterocycles. The summed E-state index contributed by atoms with van der Waals surface area (Å²) in [5.41, 5.74) is 1.32. The summed E-state index contributed by atoms with van der Waals surface area (Å²) in [6, 6.07) is 10.4. The molecule has 2 rings (SSSR count). The number of nitrogens with one attached hydrogen (secondary N) is 1. The van der Waals surface area contributed by atoms with Crippen molar-refractivity contribution in [3.8, 4) is 0 Å². The van der Waals surface area contributed by atoms with Crippen LogP contribution in [0.1, 0.15) is 11.1 Å². The maximum absolute atomic E-state index is 13.2. The SMILES string of the molecule is O=S(=O)(Cc1cccc(CO)c1)Nc1cc(F)ccc1Br. The van der Waals surface area contributed by atoms with E-state index in [4.69, 9.17) is 5.11 Å². The van der Waals surface area contributed by atoms with E-state index in [0.29, 0.717) is 15.6 Å². The Morgan fingerprint density at radius 3 is 2.57 bits per heavy atom. The molecule has 0 atom stereocenters. The van der Waals surface area contributed by atoms with E-state index in [2.05, 4.69) is 20.7 Å². The van der Waals surface area contributed by atoms with Gasteiger partial charge in [0.2, 0.25) is 10.0 Å². The van der Waals surface area contributed by atoms with Gasteiger partial charge in [0.1, 0.15) is 5.82 Å². The molecule has 0 unspecified atom stereocenters. The summed E-state index contributed by atoms with van der Waals surface area (Å²) in [7, 11) is -3.68. The van der Waals surface area contributed by atoms with E-state index in [0.717, 1.165) is 6.07 Å². The number of hydrogen-bond acceptors (Lipinski definition) is 3. The van der Waals surface area contributed by atoms with Gasteiger partial charge in [0.15, 0.2) is 0 Å². The molecular weight excluding hydrogens is 361 g/mol. The monoisotopic (exact) mass is 373 g/mol. The minimum Gasteiger partial charge on any atom is -0.392 e. The van der Waals surface area contributed by atoms with Crippen molar-refractivity contribution in [3.05, 3.63) is 63.9 Å². The molecule has 0 saturated heterocycles. The second-order valence-electron chi connectivity index (χ2n) is 4.46. The lowest BCUT2D eigenvalue weighted by Gasteiger charge is -2.10. The summed E-state index contributed by atoms with van der Waals surface area (Å²) in [6.45, 7) is -0.156. The Morgan fingerprint density at radius 2 is 1.86 bits per heavy atom. The van der Waals surface area contributed by atoms with Crippen LogP contribution in [0.2, 0.25) is 0 Å². The maximum atomic E-state index is 13.2. The molecule has 0 spiro atoms. The molecule has 0 heterocycles. The van der Waals surface area contributed by atoms with Gasteiger partial charge < -0.3 is 5.11 Å². The van der Waals surface area contributed by atoms with Crippen LogP contribution in [0.4, 0.5) is 10.1 Å². The summed E-state index contributed by atoms with van der Waals surface area (Å²) in [4.78, 5) is 0. The largest absolute Gasteiger partial charge is 0.392 e. The minimum atomic E-state index is -3.68. The van der Waals surface area contributed by atoms with Crippen molar-refractivity contribution in [2.45, 2.75) is 12.4 Å². The van der Waals surface area contributed by atoms with Crippen molar-refractivity contribution in [2.24, 2.45) is 0 Å². The average Bonchev–Trinajstić information content (AvgIpc) is 2.42. The third-order valence-electron chi connectivity index (χ3n) is 2.72. The highest BCUT2D eigenvalue weighted by Crippen LogP contribution is 2.24. The zero-order valence-corrected chi connectivity index (χ0v) is 13.3. The highest BCUT2D eigenvalue weighted by molar-refractivity contribution is 9.10. The normalized spacial score (nSPS) is 11.4. The molecular formula is C14H13BrFNO3S. The topological polar surface area (TPSA) is 66.4 Å². The van der Waals surface area contributed by atoms with Gasteiger partial charge in [-0.2, -0.15) is 0 Å². The van der Waals surface area contributed by atoms with Gasteiger partial charge >= 0.3 is 0 Å². The van der Waals surface area contributed by atoms with E-state index in [1.807, 2.05) is 0 Å². The van der Waals surface area contributed by atoms with Gasteiger partial charge in [0.05, 0.1) is 18.0 Å². The lowest BCUT2D eigenvalue weighted by molar-refractivity contribution is 0.282. The van der Waals surface area contributed by atoms with Crippen molar-refractivity contribution in [3.63, 3.8) is 0 Å². The number of aliphatic hydroxyl groups excluding tert-OH is 1. The molecule has 7 heteroatoms. The van der Waals surface area contributed by atoms with E-state index in [1.54, 1.807) is 24.3 Å². The number of anilines is 1. The van der Waals surface area contributed by atoms with Gasteiger partial charge in [-0.3, -0.25) is 4.72 Å². The lowest BCUT2D eigenvalue weighted by atomic mass is 10.1. The fourth-order valence-electron chi connectivity index (χ4n) is 1.82. The fourth-order valence-corrected chi connectivity index (χ4v) is 3.49. The molecule has 2 aromatic carbocycles. The summed E-state index contributed by atoms with van der Waals surface area (Å²) < 4.78 is 40.2. The number of halogens is 2. The average molecular weight is 374 g/mol. The van der Waals surface area contributed by atoms with Crippen molar-refractivity contribution in [1.29, 1.82) is 0 Å². The van der Waals surface area contributed by atoms with E-state index in [9.17, 15) is 12.8 Å². The molecule has 0 saturated carbocycles. The van der Waals surface area contributed by atoms with Gasteiger partial charge in [-0.25, -0.2) is 12.8 Å². The standard InChI is InChI=1S/C14H13BrFNO3S/c15-13-5-4-12(16)7-14(13)17-21(19,20)9-11-3-1-2-10(6-11)8-18/h1-7,17-18H,8-9H2. The van der Waals surface area contributed by atoms with Crippen molar-refractivity contribution < 1.29 is 17.9 Å². The molecule has 0 bridgehead atoms. The van der Waals surface area contributed by atoms with E-state index >= 15 is 0 Å². The molecule has 21 heavy (non-hydrogen) atoms. The number of sulfonamides is 1. The molecule has 4 nitrogen and oxygen atoms in total. The number of rotatable bonds is 5. The molecule has 112 valence electrons. The Morgan fingerprint density at radius 1 is 1.14 bits per heavy atom. The van der Waals surface area contributed by atoms with Crippen LogP contribution >= 0.6 is 15.9 Å². The van der Waals surface area contributed by atoms with Crippen LogP contribution in [0.5, 0.6) is 0 Å². The molecule has 0 amide bonds. The van der Waals surface area contributed by atoms with Crippen molar-refractivity contribution >= 4 is 31.6 Å². The number of aliphatic hydroxyl groups is 1. The first-order chi connectivity index (χ1) is 9.89. The molecule has 0 aliphatic carbocycles. The Hall–Kier alpha value is -1.44.